The lowest BCUT2D eigenvalue weighted by Crippen LogP contribution is -2.20. The summed E-state index contributed by atoms with van der Waals surface area (Å²) in [6.45, 7) is 5.20. The van der Waals surface area contributed by atoms with Crippen molar-refractivity contribution in [1.82, 2.24) is 15.3 Å². The Morgan fingerprint density at radius 1 is 1.44 bits per heavy atom. The molecule has 0 fully saturated rings. The quantitative estimate of drug-likeness (QED) is 0.890. The molecule has 0 saturated carbocycles. The van der Waals surface area contributed by atoms with Crippen LogP contribution in [0.2, 0.25) is 0 Å². The smallest absolute Gasteiger partial charge is 0.0896 e. The number of aryl methyl sites for hydroxylation is 1. The molecular formula is C11H15N3S2. The number of hydrogen-bond donors (Lipinski definition) is 1. The summed E-state index contributed by atoms with van der Waals surface area (Å²) >= 11 is 3.47. The summed E-state index contributed by atoms with van der Waals surface area (Å²) in [6, 6.07) is 0.390. The molecule has 1 atom stereocenters. The van der Waals surface area contributed by atoms with Gasteiger partial charge in [0.2, 0.25) is 0 Å². The predicted octanol–water partition coefficient (Wildman–Crippen LogP) is 2.80. The molecule has 16 heavy (non-hydrogen) atoms. The van der Waals surface area contributed by atoms with Crippen LogP contribution in [-0.4, -0.2) is 16.5 Å². The second-order valence-corrected chi connectivity index (χ2v) is 5.91. The third kappa shape index (κ3) is 3.10. The van der Waals surface area contributed by atoms with E-state index in [0.29, 0.717) is 6.04 Å². The van der Waals surface area contributed by atoms with E-state index >= 15 is 0 Å². The molecule has 1 N–H and O–H groups in total. The topological polar surface area (TPSA) is 37.8 Å². The van der Waals surface area contributed by atoms with Gasteiger partial charge in [-0.05, 0) is 20.3 Å². The fourth-order valence-corrected chi connectivity index (χ4v) is 2.92. The maximum atomic E-state index is 4.25. The number of nitrogens with one attached hydrogen (secondary N) is 1. The van der Waals surface area contributed by atoms with Crippen molar-refractivity contribution < 1.29 is 0 Å². The van der Waals surface area contributed by atoms with Crippen LogP contribution in [0.4, 0.5) is 0 Å². The highest BCUT2D eigenvalue weighted by atomic mass is 32.1. The Morgan fingerprint density at radius 3 is 2.94 bits per heavy atom. The van der Waals surface area contributed by atoms with Crippen molar-refractivity contribution in [3.8, 4) is 0 Å². The van der Waals surface area contributed by atoms with E-state index in [2.05, 4.69) is 22.2 Å². The lowest BCUT2D eigenvalue weighted by Gasteiger charge is -2.10. The van der Waals surface area contributed by atoms with Gasteiger partial charge < -0.3 is 5.32 Å². The Labute approximate surface area is 104 Å². The number of aromatic nitrogens is 2. The van der Waals surface area contributed by atoms with Gasteiger partial charge in [-0.15, -0.1) is 22.7 Å². The van der Waals surface area contributed by atoms with Crippen molar-refractivity contribution in [3.05, 3.63) is 32.7 Å². The zero-order chi connectivity index (χ0) is 11.4. The molecule has 0 amide bonds. The van der Waals surface area contributed by atoms with Crippen LogP contribution in [0, 0.1) is 6.92 Å². The SMILES string of the molecule is Cc1ncc(CCNC(C)c2cncs2)s1. The minimum absolute atomic E-state index is 0.390. The molecule has 86 valence electrons. The van der Waals surface area contributed by atoms with Crippen LogP contribution >= 0.6 is 22.7 Å². The standard InChI is InChI=1S/C11H15N3S2/c1-8(11-6-12-7-15-11)13-4-3-10-5-14-9(2)16-10/h5-8,13H,3-4H2,1-2H3. The number of rotatable bonds is 5. The molecule has 2 rings (SSSR count). The van der Waals surface area contributed by atoms with E-state index in [4.69, 9.17) is 0 Å². The Morgan fingerprint density at radius 2 is 2.31 bits per heavy atom. The molecule has 2 heterocycles. The van der Waals surface area contributed by atoms with Crippen molar-refractivity contribution in [2.45, 2.75) is 26.3 Å². The first-order chi connectivity index (χ1) is 7.75. The van der Waals surface area contributed by atoms with Crippen LogP contribution in [-0.2, 0) is 6.42 Å². The van der Waals surface area contributed by atoms with E-state index in [9.17, 15) is 0 Å². The Kier molecular flexibility index (Phi) is 4.04. The van der Waals surface area contributed by atoms with Gasteiger partial charge in [-0.3, -0.25) is 4.98 Å². The lowest BCUT2D eigenvalue weighted by atomic mass is 10.3. The van der Waals surface area contributed by atoms with Crippen molar-refractivity contribution in [2.24, 2.45) is 0 Å². The minimum atomic E-state index is 0.390. The molecule has 0 spiro atoms. The molecule has 0 bridgehead atoms. The van der Waals surface area contributed by atoms with E-state index in [1.165, 1.54) is 9.75 Å². The van der Waals surface area contributed by atoms with Gasteiger partial charge in [0.05, 0.1) is 10.5 Å². The second-order valence-electron chi connectivity index (χ2n) is 3.68. The highest BCUT2D eigenvalue weighted by Crippen LogP contribution is 2.16. The fraction of sp³-hybridized carbons (Fsp3) is 0.455. The molecule has 0 aliphatic carbocycles. The number of thiazole rings is 2. The summed E-state index contributed by atoms with van der Waals surface area (Å²) in [6.07, 6.45) is 4.95. The van der Waals surface area contributed by atoms with Gasteiger partial charge in [-0.1, -0.05) is 0 Å². The molecule has 0 radical (unpaired) electrons. The van der Waals surface area contributed by atoms with Gasteiger partial charge in [0.1, 0.15) is 0 Å². The molecule has 5 heteroatoms. The average Bonchev–Trinajstić information content (AvgIpc) is 2.89. The monoisotopic (exact) mass is 253 g/mol. The first kappa shape index (κ1) is 11.7. The molecule has 0 aromatic carbocycles. The maximum absolute atomic E-state index is 4.25. The Bertz CT molecular complexity index is 422. The van der Waals surface area contributed by atoms with Crippen molar-refractivity contribution in [3.63, 3.8) is 0 Å². The molecule has 0 aliphatic heterocycles. The fourth-order valence-electron chi connectivity index (χ4n) is 1.47. The summed E-state index contributed by atoms with van der Waals surface area (Å²) in [4.78, 5) is 11.0. The summed E-state index contributed by atoms with van der Waals surface area (Å²) in [7, 11) is 0. The van der Waals surface area contributed by atoms with Crippen LogP contribution in [0.25, 0.3) is 0 Å². The molecule has 1 unspecified atom stereocenters. The normalized spacial score (nSPS) is 12.9. The molecule has 2 aromatic heterocycles. The van der Waals surface area contributed by atoms with E-state index in [-0.39, 0.29) is 0 Å². The molecule has 3 nitrogen and oxygen atoms in total. The van der Waals surface area contributed by atoms with Gasteiger partial charge in [0, 0.05) is 34.7 Å². The van der Waals surface area contributed by atoms with Gasteiger partial charge in [0.25, 0.3) is 0 Å². The van der Waals surface area contributed by atoms with E-state index < -0.39 is 0 Å². The summed E-state index contributed by atoms with van der Waals surface area (Å²) in [5, 5.41) is 4.64. The molecule has 2 aromatic rings. The van der Waals surface area contributed by atoms with Crippen LogP contribution in [0.1, 0.15) is 27.7 Å². The van der Waals surface area contributed by atoms with Crippen molar-refractivity contribution >= 4 is 22.7 Å². The number of hydrogen-bond acceptors (Lipinski definition) is 5. The molecular weight excluding hydrogens is 238 g/mol. The average molecular weight is 253 g/mol. The first-order valence-electron chi connectivity index (χ1n) is 5.29. The largest absolute Gasteiger partial charge is 0.309 e. The second kappa shape index (κ2) is 5.52. The van der Waals surface area contributed by atoms with Gasteiger partial charge in [-0.2, -0.15) is 0 Å². The summed E-state index contributed by atoms with van der Waals surface area (Å²) < 4.78 is 0. The molecule has 0 saturated heterocycles. The lowest BCUT2D eigenvalue weighted by molar-refractivity contribution is 0.585. The minimum Gasteiger partial charge on any atom is -0.309 e. The third-order valence-electron chi connectivity index (χ3n) is 2.37. The van der Waals surface area contributed by atoms with Gasteiger partial charge >= 0.3 is 0 Å². The zero-order valence-corrected chi connectivity index (χ0v) is 11.1. The maximum Gasteiger partial charge on any atom is 0.0896 e. The van der Waals surface area contributed by atoms with E-state index in [1.807, 2.05) is 24.8 Å². The zero-order valence-electron chi connectivity index (χ0n) is 9.43. The summed E-state index contributed by atoms with van der Waals surface area (Å²) in [5.41, 5.74) is 1.88. The highest BCUT2D eigenvalue weighted by Gasteiger charge is 2.06. The molecule has 0 aliphatic rings. The summed E-state index contributed by atoms with van der Waals surface area (Å²) in [5.74, 6) is 0. The Hall–Kier alpha value is -0.780. The van der Waals surface area contributed by atoms with E-state index in [1.54, 1.807) is 22.7 Å². The van der Waals surface area contributed by atoms with Crippen LogP contribution in [0.15, 0.2) is 17.9 Å². The predicted molar refractivity (Wildman–Crippen MR) is 69.1 cm³/mol. The third-order valence-corrected chi connectivity index (χ3v) is 4.30. The van der Waals surface area contributed by atoms with Crippen LogP contribution in [0.3, 0.4) is 0 Å². The highest BCUT2D eigenvalue weighted by molar-refractivity contribution is 7.11. The van der Waals surface area contributed by atoms with Gasteiger partial charge in [0.15, 0.2) is 0 Å². The van der Waals surface area contributed by atoms with Gasteiger partial charge in [-0.25, -0.2) is 4.98 Å². The van der Waals surface area contributed by atoms with Crippen LogP contribution in [0.5, 0.6) is 0 Å². The van der Waals surface area contributed by atoms with Crippen molar-refractivity contribution in [2.75, 3.05) is 6.54 Å². The van der Waals surface area contributed by atoms with Crippen LogP contribution < -0.4 is 5.32 Å². The Balaban J connectivity index is 1.76. The van der Waals surface area contributed by atoms with E-state index in [0.717, 1.165) is 18.0 Å². The van der Waals surface area contributed by atoms with Crippen molar-refractivity contribution in [1.29, 1.82) is 0 Å². The number of nitrogens with zero attached hydrogens (tertiary/aromatic N) is 2. The first-order valence-corrected chi connectivity index (χ1v) is 6.98.